The standard InChI is InChI=1S/C20H16Cl3N3O5/c21-14-4-2-1-3-13(14)19(29)25-26-9-11(7-18(26)28)20(30)31-10-17(27)24-12-5-6-15(22)16(23)8-12/h1-6,8,11H,7,9-10H2,(H,24,27)(H,25,29)/t11-/m1/s1. The van der Waals surface area contributed by atoms with Crippen LogP contribution in [0.2, 0.25) is 15.1 Å². The van der Waals surface area contributed by atoms with Gasteiger partial charge in [0.1, 0.15) is 0 Å². The lowest BCUT2D eigenvalue weighted by molar-refractivity contribution is -0.151. The first-order chi connectivity index (χ1) is 14.7. The number of nitrogens with zero attached hydrogens (tertiary/aromatic N) is 1. The largest absolute Gasteiger partial charge is 0.455 e. The molecule has 0 saturated carbocycles. The van der Waals surface area contributed by atoms with Crippen molar-refractivity contribution in [1.29, 1.82) is 0 Å². The third-order valence-electron chi connectivity index (χ3n) is 4.36. The van der Waals surface area contributed by atoms with E-state index in [1.807, 2.05) is 0 Å². The van der Waals surface area contributed by atoms with Crippen molar-refractivity contribution in [3.63, 3.8) is 0 Å². The lowest BCUT2D eigenvalue weighted by atomic mass is 10.1. The summed E-state index contributed by atoms with van der Waals surface area (Å²) in [5, 5.41) is 4.38. The van der Waals surface area contributed by atoms with Gasteiger partial charge in [-0.05, 0) is 30.3 Å². The third-order valence-corrected chi connectivity index (χ3v) is 5.43. The summed E-state index contributed by atoms with van der Waals surface area (Å²) >= 11 is 17.7. The number of amides is 3. The maximum atomic E-state index is 12.3. The van der Waals surface area contributed by atoms with Crippen LogP contribution in [0.15, 0.2) is 42.5 Å². The van der Waals surface area contributed by atoms with Crippen LogP contribution in [0.1, 0.15) is 16.8 Å². The van der Waals surface area contributed by atoms with E-state index >= 15 is 0 Å². The van der Waals surface area contributed by atoms with E-state index in [1.165, 1.54) is 18.2 Å². The van der Waals surface area contributed by atoms with Gasteiger partial charge in [0.25, 0.3) is 11.8 Å². The number of esters is 1. The second-order valence-corrected chi connectivity index (χ2v) is 7.83. The molecule has 3 amide bonds. The number of hydrogen-bond donors (Lipinski definition) is 2. The van der Waals surface area contributed by atoms with Crippen molar-refractivity contribution in [3.8, 4) is 0 Å². The fourth-order valence-corrected chi connectivity index (χ4v) is 3.35. The maximum Gasteiger partial charge on any atom is 0.311 e. The molecule has 0 radical (unpaired) electrons. The van der Waals surface area contributed by atoms with Crippen molar-refractivity contribution in [2.24, 2.45) is 5.92 Å². The Labute approximate surface area is 192 Å². The van der Waals surface area contributed by atoms with E-state index in [0.29, 0.717) is 10.7 Å². The topological polar surface area (TPSA) is 105 Å². The summed E-state index contributed by atoms with van der Waals surface area (Å²) in [5.74, 6) is -3.17. The van der Waals surface area contributed by atoms with Gasteiger partial charge in [-0.3, -0.25) is 29.6 Å². The van der Waals surface area contributed by atoms with Gasteiger partial charge in [-0.25, -0.2) is 0 Å². The molecule has 162 valence electrons. The summed E-state index contributed by atoms with van der Waals surface area (Å²) in [6.45, 7) is -0.627. The minimum atomic E-state index is -0.822. The highest BCUT2D eigenvalue weighted by Gasteiger charge is 2.37. The van der Waals surface area contributed by atoms with Gasteiger partial charge in [-0.1, -0.05) is 46.9 Å². The Bertz CT molecular complexity index is 1050. The van der Waals surface area contributed by atoms with E-state index in [0.717, 1.165) is 5.01 Å². The molecule has 1 saturated heterocycles. The summed E-state index contributed by atoms with van der Waals surface area (Å²) in [4.78, 5) is 48.7. The van der Waals surface area contributed by atoms with Crippen molar-refractivity contribution in [2.45, 2.75) is 6.42 Å². The molecule has 1 atom stereocenters. The molecule has 0 aliphatic carbocycles. The highest BCUT2D eigenvalue weighted by atomic mass is 35.5. The van der Waals surface area contributed by atoms with E-state index < -0.39 is 36.2 Å². The predicted octanol–water partition coefficient (Wildman–Crippen LogP) is 3.32. The Balaban J connectivity index is 1.49. The van der Waals surface area contributed by atoms with Crippen LogP contribution in [0.3, 0.4) is 0 Å². The zero-order chi connectivity index (χ0) is 22.5. The van der Waals surface area contributed by atoms with Crippen LogP contribution in [-0.2, 0) is 19.1 Å². The number of anilines is 1. The molecule has 2 aromatic carbocycles. The molecule has 3 rings (SSSR count). The van der Waals surface area contributed by atoms with Crippen molar-refractivity contribution < 1.29 is 23.9 Å². The first-order valence-electron chi connectivity index (χ1n) is 9.02. The Morgan fingerprint density at radius 1 is 1.03 bits per heavy atom. The van der Waals surface area contributed by atoms with E-state index in [2.05, 4.69) is 10.7 Å². The monoisotopic (exact) mass is 483 g/mol. The Morgan fingerprint density at radius 2 is 1.77 bits per heavy atom. The van der Waals surface area contributed by atoms with Gasteiger partial charge in [0.2, 0.25) is 5.91 Å². The second-order valence-electron chi connectivity index (χ2n) is 6.61. The number of nitrogens with one attached hydrogen (secondary N) is 2. The first-order valence-corrected chi connectivity index (χ1v) is 10.2. The molecular formula is C20H16Cl3N3O5. The molecule has 1 aliphatic heterocycles. The van der Waals surface area contributed by atoms with E-state index in [9.17, 15) is 19.2 Å². The molecule has 2 aromatic rings. The fraction of sp³-hybridized carbons (Fsp3) is 0.200. The number of hydrazine groups is 1. The lowest BCUT2D eigenvalue weighted by Gasteiger charge is -2.18. The molecule has 0 spiro atoms. The molecule has 0 unspecified atom stereocenters. The molecule has 1 fully saturated rings. The summed E-state index contributed by atoms with van der Waals surface area (Å²) in [7, 11) is 0. The summed E-state index contributed by atoms with van der Waals surface area (Å²) < 4.78 is 5.00. The molecular weight excluding hydrogens is 469 g/mol. The summed E-state index contributed by atoms with van der Waals surface area (Å²) in [5.41, 5.74) is 3.01. The average Bonchev–Trinajstić information content (AvgIpc) is 3.09. The van der Waals surface area contributed by atoms with Crippen molar-refractivity contribution in [3.05, 3.63) is 63.1 Å². The van der Waals surface area contributed by atoms with Crippen molar-refractivity contribution in [1.82, 2.24) is 10.4 Å². The van der Waals surface area contributed by atoms with E-state index in [4.69, 9.17) is 39.5 Å². The van der Waals surface area contributed by atoms with Crippen LogP contribution in [0.25, 0.3) is 0 Å². The van der Waals surface area contributed by atoms with Gasteiger partial charge in [0.15, 0.2) is 6.61 Å². The van der Waals surface area contributed by atoms with Crippen LogP contribution < -0.4 is 10.7 Å². The van der Waals surface area contributed by atoms with Crippen molar-refractivity contribution >= 4 is 64.2 Å². The molecule has 1 heterocycles. The number of benzene rings is 2. The van der Waals surface area contributed by atoms with Gasteiger partial charge in [-0.2, -0.15) is 0 Å². The Hall–Kier alpha value is -2.81. The van der Waals surface area contributed by atoms with Crippen molar-refractivity contribution in [2.75, 3.05) is 18.5 Å². The number of halogens is 3. The lowest BCUT2D eigenvalue weighted by Crippen LogP contribution is -2.43. The zero-order valence-electron chi connectivity index (χ0n) is 15.9. The molecule has 0 bridgehead atoms. The van der Waals surface area contributed by atoms with Crippen LogP contribution in [0, 0.1) is 5.92 Å². The van der Waals surface area contributed by atoms with Gasteiger partial charge >= 0.3 is 5.97 Å². The molecule has 1 aliphatic rings. The van der Waals surface area contributed by atoms with Gasteiger partial charge in [0, 0.05) is 12.1 Å². The van der Waals surface area contributed by atoms with E-state index in [1.54, 1.807) is 24.3 Å². The smallest absolute Gasteiger partial charge is 0.311 e. The molecule has 8 nitrogen and oxygen atoms in total. The normalized spacial score (nSPS) is 15.5. The van der Waals surface area contributed by atoms with Gasteiger partial charge < -0.3 is 10.1 Å². The van der Waals surface area contributed by atoms with Gasteiger partial charge in [0.05, 0.1) is 33.1 Å². The summed E-state index contributed by atoms with van der Waals surface area (Å²) in [6, 6.07) is 10.9. The van der Waals surface area contributed by atoms with Crippen LogP contribution in [0.4, 0.5) is 5.69 Å². The average molecular weight is 485 g/mol. The van der Waals surface area contributed by atoms with Crippen LogP contribution >= 0.6 is 34.8 Å². The number of carbonyl (C=O) groups is 4. The highest BCUT2D eigenvalue weighted by molar-refractivity contribution is 6.42. The number of rotatable bonds is 6. The molecule has 2 N–H and O–H groups in total. The van der Waals surface area contributed by atoms with E-state index in [-0.39, 0.29) is 28.6 Å². The van der Waals surface area contributed by atoms with Crippen LogP contribution in [0.5, 0.6) is 0 Å². The number of ether oxygens (including phenoxy) is 1. The number of carbonyl (C=O) groups excluding carboxylic acids is 4. The second kappa shape index (κ2) is 10.00. The molecule has 31 heavy (non-hydrogen) atoms. The first kappa shape index (κ1) is 22.9. The SMILES string of the molecule is O=C(COC(=O)[C@@H]1CC(=O)N(NC(=O)c2ccccc2Cl)C1)Nc1ccc(Cl)c(Cl)c1. The van der Waals surface area contributed by atoms with Crippen LogP contribution in [-0.4, -0.2) is 41.9 Å². The zero-order valence-corrected chi connectivity index (χ0v) is 18.1. The predicted molar refractivity (Wildman–Crippen MR) is 115 cm³/mol. The quantitative estimate of drug-likeness (QED) is 0.612. The summed E-state index contributed by atoms with van der Waals surface area (Å²) in [6.07, 6.45) is -0.157. The highest BCUT2D eigenvalue weighted by Crippen LogP contribution is 2.25. The minimum Gasteiger partial charge on any atom is -0.455 e. The van der Waals surface area contributed by atoms with Gasteiger partial charge in [-0.15, -0.1) is 0 Å². The Kier molecular flexibility index (Phi) is 7.37. The fourth-order valence-electron chi connectivity index (χ4n) is 2.83. The third kappa shape index (κ3) is 5.88. The molecule has 0 aromatic heterocycles. The Morgan fingerprint density at radius 3 is 2.48 bits per heavy atom. The molecule has 11 heteroatoms. The minimum absolute atomic E-state index is 0.0811. The maximum absolute atomic E-state index is 12.3. The number of hydrogen-bond acceptors (Lipinski definition) is 5.